The van der Waals surface area contributed by atoms with E-state index in [4.69, 9.17) is 16.0 Å². The van der Waals surface area contributed by atoms with Crippen molar-refractivity contribution in [2.24, 2.45) is 5.92 Å². The number of carbonyl (C=O) groups is 1. The van der Waals surface area contributed by atoms with Crippen LogP contribution >= 0.6 is 11.6 Å². The van der Waals surface area contributed by atoms with Crippen LogP contribution in [0.5, 0.6) is 0 Å². The Hall–Kier alpha value is -2.27. The van der Waals surface area contributed by atoms with Crippen LogP contribution in [0.1, 0.15) is 34.4 Å². The number of aromatic nitrogens is 2. The minimum atomic E-state index is -0.204. The van der Waals surface area contributed by atoms with E-state index in [1.165, 1.54) is 0 Å². The highest BCUT2D eigenvalue weighted by Crippen LogP contribution is 2.27. The van der Waals surface area contributed by atoms with Crippen LogP contribution in [0.15, 0.2) is 28.7 Å². The molecule has 6 heteroatoms. The average molecular weight is 360 g/mol. The summed E-state index contributed by atoms with van der Waals surface area (Å²) < 4.78 is 7.67. The maximum absolute atomic E-state index is 12.5. The lowest BCUT2D eigenvalue weighted by Gasteiger charge is -2.13. The Morgan fingerprint density at radius 1 is 1.32 bits per heavy atom. The van der Waals surface area contributed by atoms with Crippen LogP contribution in [-0.4, -0.2) is 22.2 Å². The number of amides is 1. The lowest BCUT2D eigenvalue weighted by Crippen LogP contribution is -2.30. The molecule has 1 amide bonds. The van der Waals surface area contributed by atoms with Crippen LogP contribution in [0, 0.1) is 26.7 Å². The smallest absolute Gasteiger partial charge is 0.287 e. The third-order valence-corrected chi connectivity index (χ3v) is 4.54. The minimum Gasteiger partial charge on any atom is -0.451 e. The van der Waals surface area contributed by atoms with E-state index in [-0.39, 0.29) is 11.8 Å². The highest BCUT2D eigenvalue weighted by Gasteiger charge is 2.18. The van der Waals surface area contributed by atoms with E-state index in [2.05, 4.69) is 17.3 Å². The van der Waals surface area contributed by atoms with Gasteiger partial charge in [0.2, 0.25) is 0 Å². The molecule has 1 atom stereocenters. The van der Waals surface area contributed by atoms with Gasteiger partial charge in [-0.2, -0.15) is 5.10 Å². The molecule has 3 aromatic rings. The summed E-state index contributed by atoms with van der Waals surface area (Å²) in [6, 6.07) is 7.41. The van der Waals surface area contributed by atoms with Crippen molar-refractivity contribution in [3.8, 4) is 0 Å². The minimum absolute atomic E-state index is 0.204. The summed E-state index contributed by atoms with van der Waals surface area (Å²) in [5.74, 6) is 0.390. The molecule has 1 unspecified atom stereocenters. The molecule has 0 aliphatic carbocycles. The molecule has 5 nitrogen and oxygen atoms in total. The molecule has 0 aliphatic rings. The molecular formula is C19H22ClN3O2. The Balaban J connectivity index is 1.66. The van der Waals surface area contributed by atoms with Gasteiger partial charge in [-0.25, -0.2) is 0 Å². The van der Waals surface area contributed by atoms with Gasteiger partial charge < -0.3 is 9.73 Å². The van der Waals surface area contributed by atoms with E-state index in [0.29, 0.717) is 22.9 Å². The van der Waals surface area contributed by atoms with Crippen LogP contribution < -0.4 is 5.32 Å². The maximum atomic E-state index is 12.5. The first-order valence-electron chi connectivity index (χ1n) is 8.33. The second kappa shape index (κ2) is 6.92. The number of nitrogens with one attached hydrogen (secondary N) is 1. The highest BCUT2D eigenvalue weighted by molar-refractivity contribution is 6.31. The third kappa shape index (κ3) is 3.71. The van der Waals surface area contributed by atoms with E-state index in [0.717, 1.165) is 28.9 Å². The molecule has 25 heavy (non-hydrogen) atoms. The summed E-state index contributed by atoms with van der Waals surface area (Å²) in [4.78, 5) is 12.5. The zero-order valence-corrected chi connectivity index (χ0v) is 15.6. The summed E-state index contributed by atoms with van der Waals surface area (Å²) in [5.41, 5.74) is 3.61. The monoisotopic (exact) mass is 359 g/mol. The van der Waals surface area contributed by atoms with Crippen molar-refractivity contribution in [3.05, 3.63) is 52.0 Å². The van der Waals surface area contributed by atoms with Crippen molar-refractivity contribution in [1.82, 2.24) is 15.1 Å². The van der Waals surface area contributed by atoms with E-state index >= 15 is 0 Å². The number of benzene rings is 1. The van der Waals surface area contributed by atoms with Crippen molar-refractivity contribution in [1.29, 1.82) is 0 Å². The number of carbonyl (C=O) groups excluding carboxylic acids is 1. The first-order valence-corrected chi connectivity index (χ1v) is 8.71. The van der Waals surface area contributed by atoms with Gasteiger partial charge in [0, 0.05) is 34.8 Å². The van der Waals surface area contributed by atoms with E-state index in [9.17, 15) is 4.79 Å². The predicted molar refractivity (Wildman–Crippen MR) is 99.2 cm³/mol. The van der Waals surface area contributed by atoms with Gasteiger partial charge in [-0.1, -0.05) is 18.5 Å². The maximum Gasteiger partial charge on any atom is 0.287 e. The fourth-order valence-corrected chi connectivity index (χ4v) is 3.15. The number of furan rings is 1. The SMILES string of the molecule is Cc1cc(C)n(CC(C)CNC(=O)c2oc3ccc(Cl)cc3c2C)n1. The Morgan fingerprint density at radius 2 is 2.08 bits per heavy atom. The van der Waals surface area contributed by atoms with Crippen LogP contribution in [0.25, 0.3) is 11.0 Å². The van der Waals surface area contributed by atoms with Crippen molar-refractivity contribution in [2.75, 3.05) is 6.54 Å². The summed E-state index contributed by atoms with van der Waals surface area (Å²) in [6.07, 6.45) is 0. The number of halogens is 1. The Kier molecular flexibility index (Phi) is 4.86. The number of nitrogens with zero attached hydrogens (tertiary/aromatic N) is 2. The normalized spacial score (nSPS) is 12.5. The number of fused-ring (bicyclic) bond motifs is 1. The van der Waals surface area contributed by atoms with Crippen molar-refractivity contribution in [2.45, 2.75) is 34.2 Å². The van der Waals surface area contributed by atoms with E-state index in [1.54, 1.807) is 12.1 Å². The second-order valence-electron chi connectivity index (χ2n) is 6.62. The summed E-state index contributed by atoms with van der Waals surface area (Å²) in [5, 5.41) is 8.91. The molecule has 3 rings (SSSR count). The van der Waals surface area contributed by atoms with Crippen LogP contribution in [0.2, 0.25) is 5.02 Å². The first-order chi connectivity index (χ1) is 11.8. The van der Waals surface area contributed by atoms with Crippen molar-refractivity contribution < 1.29 is 9.21 Å². The van der Waals surface area contributed by atoms with Crippen LogP contribution in [-0.2, 0) is 6.54 Å². The zero-order chi connectivity index (χ0) is 18.1. The van der Waals surface area contributed by atoms with E-state index in [1.807, 2.05) is 37.6 Å². The fraction of sp³-hybridized carbons (Fsp3) is 0.368. The molecule has 0 saturated heterocycles. The lowest BCUT2D eigenvalue weighted by molar-refractivity contribution is 0.0920. The average Bonchev–Trinajstić information content (AvgIpc) is 3.04. The zero-order valence-electron chi connectivity index (χ0n) is 14.9. The Bertz CT molecular complexity index is 926. The summed E-state index contributed by atoms with van der Waals surface area (Å²) in [6.45, 7) is 9.28. The fourth-order valence-electron chi connectivity index (χ4n) is 2.98. The molecule has 0 saturated carbocycles. The largest absolute Gasteiger partial charge is 0.451 e. The molecular weight excluding hydrogens is 338 g/mol. The number of rotatable bonds is 5. The molecule has 132 valence electrons. The van der Waals surface area contributed by atoms with Gasteiger partial charge in [0.05, 0.1) is 5.69 Å². The Labute approximate surface area is 152 Å². The van der Waals surface area contributed by atoms with Gasteiger partial charge in [0.15, 0.2) is 5.76 Å². The van der Waals surface area contributed by atoms with Crippen molar-refractivity contribution >= 4 is 28.5 Å². The molecule has 0 spiro atoms. The second-order valence-corrected chi connectivity index (χ2v) is 7.06. The quantitative estimate of drug-likeness (QED) is 0.739. The molecule has 0 bridgehead atoms. The molecule has 0 radical (unpaired) electrons. The van der Waals surface area contributed by atoms with Crippen LogP contribution in [0.4, 0.5) is 0 Å². The summed E-state index contributed by atoms with van der Waals surface area (Å²) >= 11 is 6.02. The van der Waals surface area contributed by atoms with Gasteiger partial charge >= 0.3 is 0 Å². The Morgan fingerprint density at radius 3 is 2.76 bits per heavy atom. The molecule has 2 heterocycles. The number of hydrogen-bond acceptors (Lipinski definition) is 3. The highest BCUT2D eigenvalue weighted by atomic mass is 35.5. The molecule has 0 fully saturated rings. The summed E-state index contributed by atoms with van der Waals surface area (Å²) in [7, 11) is 0. The van der Waals surface area contributed by atoms with Gasteiger partial charge in [-0.05, 0) is 51.0 Å². The number of aryl methyl sites for hydroxylation is 3. The topological polar surface area (TPSA) is 60.1 Å². The number of hydrogen-bond donors (Lipinski definition) is 1. The van der Waals surface area contributed by atoms with Crippen LogP contribution in [0.3, 0.4) is 0 Å². The third-order valence-electron chi connectivity index (χ3n) is 4.30. The molecule has 1 aromatic carbocycles. The van der Waals surface area contributed by atoms with Gasteiger partial charge in [-0.15, -0.1) is 0 Å². The predicted octanol–water partition coefficient (Wildman–Crippen LogP) is 4.27. The molecule has 1 N–H and O–H groups in total. The molecule has 0 aliphatic heterocycles. The van der Waals surface area contributed by atoms with Gasteiger partial charge in [0.25, 0.3) is 5.91 Å². The standard InChI is InChI=1S/C19H22ClN3O2/c1-11(10-23-13(3)7-12(2)22-23)9-21-19(24)18-14(4)16-8-15(20)5-6-17(16)25-18/h5-8,11H,9-10H2,1-4H3,(H,21,24). The molecule has 2 aromatic heterocycles. The van der Waals surface area contributed by atoms with Gasteiger partial charge in [0.1, 0.15) is 5.58 Å². The van der Waals surface area contributed by atoms with Gasteiger partial charge in [-0.3, -0.25) is 9.48 Å². The lowest BCUT2D eigenvalue weighted by atomic mass is 10.1. The van der Waals surface area contributed by atoms with E-state index < -0.39 is 0 Å². The first kappa shape index (κ1) is 17.5. The van der Waals surface area contributed by atoms with Crippen molar-refractivity contribution in [3.63, 3.8) is 0 Å².